The van der Waals surface area contributed by atoms with E-state index in [0.29, 0.717) is 13.0 Å². The summed E-state index contributed by atoms with van der Waals surface area (Å²) in [5.41, 5.74) is 0.732. The summed E-state index contributed by atoms with van der Waals surface area (Å²) in [4.78, 5) is 4.56. The van der Waals surface area contributed by atoms with Crippen LogP contribution in [0.3, 0.4) is 0 Å². The van der Waals surface area contributed by atoms with Gasteiger partial charge in [-0.15, -0.1) is 34.2 Å². The van der Waals surface area contributed by atoms with E-state index in [9.17, 15) is 4.39 Å². The molecule has 1 heterocycles. The molecule has 0 saturated carbocycles. The summed E-state index contributed by atoms with van der Waals surface area (Å²) in [5.74, 6) is 0.648. The first kappa shape index (κ1) is 23.8. The number of nitrogens with zero attached hydrogens (tertiary/aromatic N) is 4. The van der Waals surface area contributed by atoms with Crippen molar-refractivity contribution in [3.63, 3.8) is 0 Å². The van der Waals surface area contributed by atoms with E-state index in [1.807, 2.05) is 23.6 Å². The summed E-state index contributed by atoms with van der Waals surface area (Å²) in [6.45, 7) is 5.29. The zero-order valence-corrected chi connectivity index (χ0v) is 19.4. The van der Waals surface area contributed by atoms with Crippen molar-refractivity contribution in [1.29, 1.82) is 0 Å². The molecule has 0 bridgehead atoms. The van der Waals surface area contributed by atoms with Crippen LogP contribution in [0.2, 0.25) is 0 Å². The Morgan fingerprint density at radius 3 is 2.67 bits per heavy atom. The molecule has 0 aliphatic carbocycles. The number of aryl methyl sites for hydroxylation is 2. The number of unbranched alkanes of at least 4 members (excludes halogenated alkanes) is 1. The SMILES string of the molecule is CCNC(=NCCCc1ccc(Br)cc1F)NCCCCn1cnnc1.I. The van der Waals surface area contributed by atoms with Crippen LogP contribution in [0.15, 0.2) is 40.3 Å². The fourth-order valence-corrected chi connectivity index (χ4v) is 2.82. The van der Waals surface area contributed by atoms with Gasteiger partial charge in [-0.1, -0.05) is 22.0 Å². The number of benzene rings is 1. The standard InChI is InChI=1S/C18H26BrFN6.HI/c1-2-21-18(22-9-3-4-11-26-13-24-25-14-26)23-10-5-6-15-7-8-16(19)12-17(15)20;/h7-8,12-14H,2-6,9-11H2,1H3,(H2,21,22,23);1H. The Bertz CT molecular complexity index is 680. The number of aromatic nitrogens is 3. The Balaban J connectivity index is 0.00000364. The number of rotatable bonds is 10. The average molecular weight is 553 g/mol. The fraction of sp³-hybridized carbons (Fsp3) is 0.500. The van der Waals surface area contributed by atoms with Gasteiger partial charge in [-0.25, -0.2) is 4.39 Å². The molecule has 0 amide bonds. The van der Waals surface area contributed by atoms with Gasteiger partial charge in [-0.2, -0.15) is 0 Å². The summed E-state index contributed by atoms with van der Waals surface area (Å²) in [7, 11) is 0. The van der Waals surface area contributed by atoms with E-state index in [0.717, 1.165) is 54.9 Å². The molecule has 1 aromatic heterocycles. The molecule has 1 aromatic carbocycles. The molecule has 2 aromatic rings. The summed E-state index contributed by atoms with van der Waals surface area (Å²) < 4.78 is 16.5. The first-order valence-corrected chi connectivity index (χ1v) is 9.77. The second-order valence-electron chi connectivity index (χ2n) is 5.93. The highest BCUT2D eigenvalue weighted by molar-refractivity contribution is 14.0. The van der Waals surface area contributed by atoms with Gasteiger partial charge >= 0.3 is 0 Å². The van der Waals surface area contributed by atoms with Crippen molar-refractivity contribution in [2.75, 3.05) is 19.6 Å². The topological polar surface area (TPSA) is 67.1 Å². The van der Waals surface area contributed by atoms with Crippen LogP contribution in [-0.4, -0.2) is 40.4 Å². The molecule has 0 unspecified atom stereocenters. The van der Waals surface area contributed by atoms with E-state index < -0.39 is 0 Å². The monoisotopic (exact) mass is 552 g/mol. The predicted octanol–water partition coefficient (Wildman–Crippen LogP) is 3.77. The minimum atomic E-state index is -0.165. The van der Waals surface area contributed by atoms with Crippen molar-refractivity contribution in [2.45, 2.75) is 39.2 Å². The van der Waals surface area contributed by atoms with Crippen molar-refractivity contribution >= 4 is 45.9 Å². The van der Waals surface area contributed by atoms with Crippen LogP contribution in [0.25, 0.3) is 0 Å². The van der Waals surface area contributed by atoms with Gasteiger partial charge in [0.15, 0.2) is 5.96 Å². The van der Waals surface area contributed by atoms with Gasteiger partial charge in [-0.3, -0.25) is 4.99 Å². The Labute approximate surface area is 185 Å². The first-order chi connectivity index (χ1) is 12.7. The molecule has 2 rings (SSSR count). The highest BCUT2D eigenvalue weighted by Gasteiger charge is 2.03. The summed E-state index contributed by atoms with van der Waals surface area (Å²) in [6.07, 6.45) is 7.03. The van der Waals surface area contributed by atoms with Crippen molar-refractivity contribution in [3.8, 4) is 0 Å². The molecule has 0 fully saturated rings. The third-order valence-corrected chi connectivity index (χ3v) is 4.33. The first-order valence-electron chi connectivity index (χ1n) is 8.97. The number of aliphatic imine (C=N–C) groups is 1. The Morgan fingerprint density at radius 2 is 1.96 bits per heavy atom. The van der Waals surface area contributed by atoms with Gasteiger partial charge in [0.05, 0.1) is 0 Å². The van der Waals surface area contributed by atoms with Crippen molar-refractivity contribution in [3.05, 3.63) is 46.7 Å². The van der Waals surface area contributed by atoms with Gasteiger partial charge < -0.3 is 15.2 Å². The van der Waals surface area contributed by atoms with Crippen LogP contribution in [0.4, 0.5) is 4.39 Å². The molecule has 0 aliphatic rings. The maximum atomic E-state index is 13.8. The predicted molar refractivity (Wildman–Crippen MR) is 121 cm³/mol. The third kappa shape index (κ3) is 9.50. The maximum Gasteiger partial charge on any atom is 0.191 e. The molecule has 6 nitrogen and oxygen atoms in total. The van der Waals surface area contributed by atoms with Crippen LogP contribution in [0.5, 0.6) is 0 Å². The number of nitrogens with one attached hydrogen (secondary N) is 2. The Hall–Kier alpha value is -1.23. The highest BCUT2D eigenvalue weighted by atomic mass is 127. The van der Waals surface area contributed by atoms with E-state index in [4.69, 9.17) is 0 Å². The second kappa shape index (κ2) is 13.9. The van der Waals surface area contributed by atoms with E-state index in [1.165, 1.54) is 6.07 Å². The number of hydrogen-bond donors (Lipinski definition) is 2. The van der Waals surface area contributed by atoms with Gasteiger partial charge in [0.25, 0.3) is 0 Å². The van der Waals surface area contributed by atoms with Crippen LogP contribution in [0, 0.1) is 5.82 Å². The van der Waals surface area contributed by atoms with Gasteiger partial charge in [-0.05, 0) is 50.3 Å². The summed E-state index contributed by atoms with van der Waals surface area (Å²) >= 11 is 3.27. The van der Waals surface area contributed by atoms with Crippen molar-refractivity contribution in [2.24, 2.45) is 4.99 Å². The van der Waals surface area contributed by atoms with Gasteiger partial charge in [0.1, 0.15) is 18.5 Å². The third-order valence-electron chi connectivity index (χ3n) is 3.84. The molecule has 2 N–H and O–H groups in total. The zero-order valence-electron chi connectivity index (χ0n) is 15.5. The Morgan fingerprint density at radius 1 is 1.19 bits per heavy atom. The highest BCUT2D eigenvalue weighted by Crippen LogP contribution is 2.16. The molecule has 0 aliphatic heterocycles. The molecule has 0 saturated heterocycles. The average Bonchev–Trinajstić information content (AvgIpc) is 3.13. The lowest BCUT2D eigenvalue weighted by Gasteiger charge is -2.11. The smallest absolute Gasteiger partial charge is 0.191 e. The molecule has 27 heavy (non-hydrogen) atoms. The molecule has 0 radical (unpaired) electrons. The molecule has 0 atom stereocenters. The molecule has 150 valence electrons. The quantitative estimate of drug-likeness (QED) is 0.204. The van der Waals surface area contributed by atoms with E-state index >= 15 is 0 Å². The van der Waals surface area contributed by atoms with Crippen molar-refractivity contribution in [1.82, 2.24) is 25.4 Å². The van der Waals surface area contributed by atoms with E-state index in [-0.39, 0.29) is 29.8 Å². The second-order valence-corrected chi connectivity index (χ2v) is 6.85. The normalized spacial score (nSPS) is 11.1. The molecular weight excluding hydrogens is 526 g/mol. The largest absolute Gasteiger partial charge is 0.357 e. The summed E-state index contributed by atoms with van der Waals surface area (Å²) in [5, 5.41) is 14.2. The number of guanidine groups is 1. The fourth-order valence-electron chi connectivity index (χ4n) is 2.49. The summed E-state index contributed by atoms with van der Waals surface area (Å²) in [6, 6.07) is 5.19. The Kier molecular flexibility index (Phi) is 12.2. The minimum absolute atomic E-state index is 0. The van der Waals surface area contributed by atoms with E-state index in [2.05, 4.69) is 41.8 Å². The molecule has 9 heteroatoms. The lowest BCUT2D eigenvalue weighted by molar-refractivity contribution is 0.596. The van der Waals surface area contributed by atoms with E-state index in [1.54, 1.807) is 12.7 Å². The van der Waals surface area contributed by atoms with Crippen LogP contribution in [0.1, 0.15) is 31.7 Å². The lowest BCUT2D eigenvalue weighted by Crippen LogP contribution is -2.38. The zero-order chi connectivity index (χ0) is 18.6. The van der Waals surface area contributed by atoms with Gasteiger partial charge in [0.2, 0.25) is 0 Å². The lowest BCUT2D eigenvalue weighted by atomic mass is 10.1. The van der Waals surface area contributed by atoms with Crippen LogP contribution in [-0.2, 0) is 13.0 Å². The minimum Gasteiger partial charge on any atom is -0.357 e. The van der Waals surface area contributed by atoms with Crippen LogP contribution < -0.4 is 10.6 Å². The maximum absolute atomic E-state index is 13.8. The van der Waals surface area contributed by atoms with Gasteiger partial charge in [0, 0.05) is 30.7 Å². The molecule has 0 spiro atoms. The number of hydrogen-bond acceptors (Lipinski definition) is 3. The van der Waals surface area contributed by atoms with Crippen LogP contribution >= 0.6 is 39.9 Å². The molecular formula is C18H27BrFIN6. The number of halogens is 3. The van der Waals surface area contributed by atoms with Crippen molar-refractivity contribution < 1.29 is 4.39 Å².